The topological polar surface area (TPSA) is 50.9 Å². The molecule has 0 spiro atoms. The van der Waals surface area contributed by atoms with Gasteiger partial charge < -0.3 is 5.11 Å². The molecular formula is C34H22N3OPtS-. The van der Waals surface area contributed by atoms with E-state index in [-0.39, 0.29) is 32.9 Å². The number of benzene rings is 4. The SMILES string of the molecule is [2H]c1ccc(-c2nc3c(-c4[c-]c(-c5cc(-c6cccs6)ccn5)ccc4)cccc3n2-c2ccccc2)c(O)c1.[Pt]. The van der Waals surface area contributed by atoms with Crippen molar-refractivity contribution in [1.29, 1.82) is 0 Å². The normalized spacial score (nSPS) is 11.2. The van der Waals surface area contributed by atoms with Gasteiger partial charge in [0.05, 0.1) is 18.0 Å². The second-order valence-electron chi connectivity index (χ2n) is 9.11. The Hall–Kier alpha value is -4.31. The van der Waals surface area contributed by atoms with Crippen LogP contribution in [-0.4, -0.2) is 19.6 Å². The summed E-state index contributed by atoms with van der Waals surface area (Å²) in [6.45, 7) is 0. The summed E-state index contributed by atoms with van der Waals surface area (Å²) >= 11 is 1.71. The zero-order valence-electron chi connectivity index (χ0n) is 22.1. The molecule has 7 aromatic rings. The van der Waals surface area contributed by atoms with Crippen molar-refractivity contribution in [2.24, 2.45) is 0 Å². The van der Waals surface area contributed by atoms with E-state index in [2.05, 4.69) is 34.6 Å². The number of aromatic nitrogens is 3. The molecule has 3 heterocycles. The molecule has 0 aliphatic heterocycles. The van der Waals surface area contributed by atoms with Crippen LogP contribution in [0.25, 0.3) is 60.9 Å². The third-order valence-electron chi connectivity index (χ3n) is 6.71. The second-order valence-corrected chi connectivity index (χ2v) is 10.1. The van der Waals surface area contributed by atoms with Crippen molar-refractivity contribution in [3.05, 3.63) is 133 Å². The molecule has 40 heavy (non-hydrogen) atoms. The van der Waals surface area contributed by atoms with E-state index in [0.717, 1.165) is 44.7 Å². The molecule has 6 heteroatoms. The van der Waals surface area contributed by atoms with Gasteiger partial charge in [-0.15, -0.1) is 41.2 Å². The fourth-order valence-electron chi connectivity index (χ4n) is 4.90. The van der Waals surface area contributed by atoms with Crippen LogP contribution in [0.4, 0.5) is 0 Å². The van der Waals surface area contributed by atoms with Gasteiger partial charge in [0, 0.05) is 43.5 Å². The van der Waals surface area contributed by atoms with Gasteiger partial charge in [-0.05, 0) is 53.4 Å². The minimum Gasteiger partial charge on any atom is -0.507 e. The molecule has 3 aromatic heterocycles. The molecule has 0 bridgehead atoms. The number of imidazole rings is 1. The molecule has 196 valence electrons. The average molecular weight is 717 g/mol. The number of hydrogen-bond donors (Lipinski definition) is 1. The Bertz CT molecular complexity index is 1990. The number of phenols is 1. The Morgan fingerprint density at radius 3 is 2.45 bits per heavy atom. The smallest absolute Gasteiger partial charge is 0.148 e. The van der Waals surface area contributed by atoms with Crippen LogP contribution in [0.5, 0.6) is 5.75 Å². The molecule has 0 aliphatic carbocycles. The van der Waals surface area contributed by atoms with Crippen molar-refractivity contribution >= 4 is 22.4 Å². The fraction of sp³-hybridized carbons (Fsp3) is 0. The van der Waals surface area contributed by atoms with Gasteiger partial charge in [0.25, 0.3) is 0 Å². The summed E-state index contributed by atoms with van der Waals surface area (Å²) in [5.74, 6) is 0.624. The molecule has 1 N–H and O–H groups in total. The first-order valence-corrected chi connectivity index (χ1v) is 13.4. The van der Waals surface area contributed by atoms with E-state index in [1.807, 2.05) is 83.6 Å². The first-order valence-electron chi connectivity index (χ1n) is 13.1. The van der Waals surface area contributed by atoms with Crippen molar-refractivity contribution in [1.82, 2.24) is 14.5 Å². The van der Waals surface area contributed by atoms with Gasteiger partial charge in [-0.1, -0.05) is 65.7 Å². The number of phenolic OH excluding ortho intramolecular Hbond substituents is 1. The number of nitrogens with zero attached hydrogens (tertiary/aromatic N) is 3. The molecule has 0 atom stereocenters. The van der Waals surface area contributed by atoms with Gasteiger partial charge in [-0.2, -0.15) is 0 Å². The van der Waals surface area contributed by atoms with E-state index < -0.39 is 0 Å². The number of pyridine rings is 1. The fourth-order valence-corrected chi connectivity index (χ4v) is 5.62. The predicted octanol–water partition coefficient (Wildman–Crippen LogP) is 8.65. The summed E-state index contributed by atoms with van der Waals surface area (Å²) in [4.78, 5) is 10.9. The van der Waals surface area contributed by atoms with Crippen LogP contribution in [0.1, 0.15) is 1.37 Å². The number of thiophene rings is 1. The van der Waals surface area contributed by atoms with Gasteiger partial charge in [0.1, 0.15) is 11.6 Å². The molecule has 0 aliphatic rings. The molecule has 0 saturated heterocycles. The van der Waals surface area contributed by atoms with Crippen molar-refractivity contribution in [2.45, 2.75) is 0 Å². The Morgan fingerprint density at radius 1 is 0.800 bits per heavy atom. The van der Waals surface area contributed by atoms with Gasteiger partial charge in [-0.3, -0.25) is 9.55 Å². The zero-order chi connectivity index (χ0) is 27.1. The molecule has 0 radical (unpaired) electrons. The third kappa shape index (κ3) is 4.68. The number of rotatable bonds is 5. The zero-order valence-corrected chi connectivity index (χ0v) is 24.1. The largest absolute Gasteiger partial charge is 0.507 e. The Morgan fingerprint density at radius 2 is 1.62 bits per heavy atom. The minimum atomic E-state index is 0. The van der Waals surface area contributed by atoms with Gasteiger partial charge >= 0.3 is 0 Å². The first kappa shape index (κ1) is 24.7. The summed E-state index contributed by atoms with van der Waals surface area (Å²) < 4.78 is 9.96. The maximum absolute atomic E-state index is 10.8. The summed E-state index contributed by atoms with van der Waals surface area (Å²) in [6, 6.07) is 39.1. The number of para-hydroxylation sites is 3. The summed E-state index contributed by atoms with van der Waals surface area (Å²) in [5, 5.41) is 12.9. The van der Waals surface area contributed by atoms with Crippen molar-refractivity contribution < 1.29 is 27.5 Å². The van der Waals surface area contributed by atoms with Crippen LogP contribution < -0.4 is 0 Å². The van der Waals surface area contributed by atoms with E-state index in [0.29, 0.717) is 11.4 Å². The van der Waals surface area contributed by atoms with Crippen molar-refractivity contribution in [2.75, 3.05) is 0 Å². The van der Waals surface area contributed by atoms with Crippen LogP contribution >= 0.6 is 11.3 Å². The third-order valence-corrected chi connectivity index (χ3v) is 7.63. The standard InChI is InChI=1S/C34H22N3OS.Pt/c38-31-16-5-4-13-28(31)34-36-33-27(14-7-15-30(33)37(34)26-11-2-1-3-12-26)23-9-6-10-24(21-23)29-22-25(18-19-35-29)32-17-8-20-39-32;/h1-20,22,38H;/q-1;/i5D;. The van der Waals surface area contributed by atoms with Crippen LogP contribution in [0.2, 0.25) is 0 Å². The maximum atomic E-state index is 10.8. The second kappa shape index (κ2) is 11.1. The monoisotopic (exact) mass is 716 g/mol. The van der Waals surface area contributed by atoms with Crippen LogP contribution in [0.15, 0.2) is 127 Å². The molecule has 4 nitrogen and oxygen atoms in total. The molecule has 0 unspecified atom stereocenters. The van der Waals surface area contributed by atoms with Gasteiger partial charge in [0.15, 0.2) is 0 Å². The predicted molar refractivity (Wildman–Crippen MR) is 159 cm³/mol. The van der Waals surface area contributed by atoms with E-state index in [4.69, 9.17) is 6.35 Å². The number of fused-ring (bicyclic) bond motifs is 1. The number of hydrogen-bond acceptors (Lipinski definition) is 4. The first-order chi connectivity index (χ1) is 19.7. The molecule has 0 fully saturated rings. The summed E-state index contributed by atoms with van der Waals surface area (Å²) in [6.07, 6.45) is 1.84. The number of aromatic hydroxyl groups is 1. The quantitative estimate of drug-likeness (QED) is 0.182. The minimum absolute atomic E-state index is 0. The molecule has 4 aromatic carbocycles. The van der Waals surface area contributed by atoms with E-state index in [9.17, 15) is 5.11 Å². The molecule has 0 saturated carbocycles. The molecule has 0 amide bonds. The van der Waals surface area contributed by atoms with E-state index >= 15 is 0 Å². The van der Waals surface area contributed by atoms with Crippen molar-refractivity contribution in [3.8, 4) is 55.6 Å². The van der Waals surface area contributed by atoms with Crippen molar-refractivity contribution in [3.63, 3.8) is 0 Å². The van der Waals surface area contributed by atoms with Gasteiger partial charge in [0.2, 0.25) is 0 Å². The Labute approximate surface area is 251 Å². The molecule has 7 rings (SSSR count). The van der Waals surface area contributed by atoms with E-state index in [1.165, 1.54) is 10.9 Å². The van der Waals surface area contributed by atoms with Gasteiger partial charge in [-0.25, -0.2) is 4.98 Å². The van der Waals surface area contributed by atoms with E-state index in [1.54, 1.807) is 23.5 Å². The van der Waals surface area contributed by atoms with Crippen LogP contribution in [0, 0.1) is 6.07 Å². The Balaban J connectivity index is 0.00000302. The average Bonchev–Trinajstić information content (AvgIpc) is 3.67. The maximum Gasteiger partial charge on any atom is 0.148 e. The summed E-state index contributed by atoms with van der Waals surface area (Å²) in [5.41, 5.74) is 7.92. The van der Waals surface area contributed by atoms with Crippen LogP contribution in [-0.2, 0) is 21.1 Å². The molecular weight excluding hydrogens is 694 g/mol. The summed E-state index contributed by atoms with van der Waals surface area (Å²) in [7, 11) is 0. The van der Waals surface area contributed by atoms with Crippen LogP contribution in [0.3, 0.4) is 0 Å². The Kier molecular flexibility index (Phi) is 6.83.